The normalized spacial score (nSPS) is 10.9. The summed E-state index contributed by atoms with van der Waals surface area (Å²) in [6.45, 7) is 3.02. The topological polar surface area (TPSA) is 44.1 Å². The van der Waals surface area contributed by atoms with Gasteiger partial charge in [-0.1, -0.05) is 36.0 Å². The number of para-hydroxylation sites is 2. The number of esters is 1. The van der Waals surface area contributed by atoms with E-state index in [0.29, 0.717) is 5.56 Å². The van der Waals surface area contributed by atoms with E-state index in [1.165, 1.54) is 12.6 Å². The third-order valence-electron chi connectivity index (χ3n) is 3.68. The van der Waals surface area contributed by atoms with E-state index in [2.05, 4.69) is 17.6 Å². The number of fused-ring (bicyclic) bond motifs is 1. The second kappa shape index (κ2) is 6.87. The lowest BCUT2D eigenvalue weighted by Gasteiger charge is -2.06. The van der Waals surface area contributed by atoms with Crippen LogP contribution in [0, 0.1) is 0 Å². The molecule has 0 aliphatic carbocycles. The van der Waals surface area contributed by atoms with Crippen LogP contribution in [0.3, 0.4) is 0 Å². The zero-order chi connectivity index (χ0) is 16.2. The molecule has 0 aliphatic rings. The van der Waals surface area contributed by atoms with E-state index in [1.54, 1.807) is 23.9 Å². The molecule has 0 radical (unpaired) electrons. The Morgan fingerprint density at radius 2 is 1.91 bits per heavy atom. The summed E-state index contributed by atoms with van der Waals surface area (Å²) >= 11 is 1.71. The van der Waals surface area contributed by atoms with Gasteiger partial charge in [0.2, 0.25) is 0 Å². The minimum absolute atomic E-state index is 0.308. The van der Waals surface area contributed by atoms with Gasteiger partial charge in [0.05, 0.1) is 23.7 Å². The van der Waals surface area contributed by atoms with Crippen molar-refractivity contribution in [1.82, 2.24) is 9.55 Å². The number of carbonyl (C=O) groups excluding carboxylic acids is 1. The van der Waals surface area contributed by atoms with E-state index in [0.717, 1.165) is 28.5 Å². The zero-order valence-corrected chi connectivity index (χ0v) is 14.0. The Hall–Kier alpha value is -2.27. The second-order valence-electron chi connectivity index (χ2n) is 5.10. The molecule has 0 fully saturated rings. The van der Waals surface area contributed by atoms with Crippen LogP contribution < -0.4 is 0 Å². The SMILES string of the molecule is CCn1c(SCc2ccc(C(=O)OC)cc2)nc2ccccc21. The maximum Gasteiger partial charge on any atom is 0.337 e. The molecule has 0 spiro atoms. The number of benzene rings is 2. The Balaban J connectivity index is 1.77. The van der Waals surface area contributed by atoms with Crippen molar-refractivity contribution >= 4 is 28.8 Å². The summed E-state index contributed by atoms with van der Waals surface area (Å²) < 4.78 is 6.94. The fourth-order valence-electron chi connectivity index (χ4n) is 2.47. The molecule has 1 aromatic heterocycles. The first-order valence-electron chi connectivity index (χ1n) is 7.48. The Labute approximate surface area is 139 Å². The molecule has 0 unspecified atom stereocenters. The van der Waals surface area contributed by atoms with Crippen molar-refractivity contribution in [3.8, 4) is 0 Å². The molecule has 118 valence electrons. The van der Waals surface area contributed by atoms with Crippen molar-refractivity contribution in [2.45, 2.75) is 24.4 Å². The van der Waals surface area contributed by atoms with Gasteiger partial charge < -0.3 is 9.30 Å². The largest absolute Gasteiger partial charge is 0.465 e. The van der Waals surface area contributed by atoms with Crippen LogP contribution in [0.1, 0.15) is 22.8 Å². The number of methoxy groups -OCH3 is 1. The molecule has 0 bridgehead atoms. The molecule has 0 saturated carbocycles. The maximum absolute atomic E-state index is 11.4. The quantitative estimate of drug-likeness (QED) is 0.522. The van der Waals surface area contributed by atoms with Crippen LogP contribution in [-0.4, -0.2) is 22.6 Å². The lowest BCUT2D eigenvalue weighted by Crippen LogP contribution is -2.00. The van der Waals surface area contributed by atoms with Crippen LogP contribution in [0.4, 0.5) is 0 Å². The maximum atomic E-state index is 11.4. The van der Waals surface area contributed by atoms with Crippen LogP contribution in [0.2, 0.25) is 0 Å². The van der Waals surface area contributed by atoms with Crippen molar-refractivity contribution in [2.75, 3.05) is 7.11 Å². The highest BCUT2D eigenvalue weighted by Crippen LogP contribution is 2.26. The van der Waals surface area contributed by atoms with Crippen LogP contribution in [0.5, 0.6) is 0 Å². The van der Waals surface area contributed by atoms with Crippen LogP contribution in [0.15, 0.2) is 53.7 Å². The number of aromatic nitrogens is 2. The molecular weight excluding hydrogens is 308 g/mol. The van der Waals surface area contributed by atoms with Gasteiger partial charge in [-0.2, -0.15) is 0 Å². The first kappa shape index (κ1) is 15.6. The fourth-order valence-corrected chi connectivity index (χ4v) is 3.51. The van der Waals surface area contributed by atoms with E-state index in [9.17, 15) is 4.79 Å². The van der Waals surface area contributed by atoms with E-state index in [1.807, 2.05) is 30.3 Å². The molecule has 23 heavy (non-hydrogen) atoms. The standard InChI is InChI=1S/C18H18N2O2S/c1-3-20-16-7-5-4-6-15(16)19-18(20)23-12-13-8-10-14(11-9-13)17(21)22-2/h4-11H,3,12H2,1-2H3. The first-order valence-corrected chi connectivity index (χ1v) is 8.46. The number of ether oxygens (including phenoxy) is 1. The summed E-state index contributed by atoms with van der Waals surface area (Å²) in [5.74, 6) is 0.502. The number of hydrogen-bond acceptors (Lipinski definition) is 4. The van der Waals surface area contributed by atoms with E-state index >= 15 is 0 Å². The molecule has 5 heteroatoms. The predicted octanol–water partition coefficient (Wildman–Crippen LogP) is 4.14. The average Bonchev–Trinajstić information content (AvgIpc) is 2.97. The zero-order valence-electron chi connectivity index (χ0n) is 13.2. The van der Waals surface area contributed by atoms with Gasteiger partial charge in [-0.25, -0.2) is 9.78 Å². The molecule has 1 heterocycles. The molecule has 0 atom stereocenters. The lowest BCUT2D eigenvalue weighted by molar-refractivity contribution is 0.0600. The number of hydrogen-bond donors (Lipinski definition) is 0. The molecule has 0 N–H and O–H groups in total. The lowest BCUT2D eigenvalue weighted by atomic mass is 10.1. The molecule has 2 aromatic carbocycles. The molecule has 3 aromatic rings. The summed E-state index contributed by atoms with van der Waals surface area (Å²) in [6.07, 6.45) is 0. The molecule has 3 rings (SSSR count). The number of rotatable bonds is 5. The van der Waals surface area contributed by atoms with Gasteiger partial charge in [0.25, 0.3) is 0 Å². The van der Waals surface area contributed by atoms with Gasteiger partial charge >= 0.3 is 5.97 Å². The molecule has 0 aliphatic heterocycles. The summed E-state index contributed by atoms with van der Waals surface area (Å²) in [4.78, 5) is 16.2. The Kier molecular flexibility index (Phi) is 4.67. The summed E-state index contributed by atoms with van der Waals surface area (Å²) in [5.41, 5.74) is 3.91. The Morgan fingerprint density at radius 1 is 1.17 bits per heavy atom. The summed E-state index contributed by atoms with van der Waals surface area (Å²) in [6, 6.07) is 15.7. The van der Waals surface area contributed by atoms with Crippen molar-refractivity contribution in [3.63, 3.8) is 0 Å². The molecule has 4 nitrogen and oxygen atoms in total. The highest BCUT2D eigenvalue weighted by Gasteiger charge is 2.10. The van der Waals surface area contributed by atoms with E-state index < -0.39 is 0 Å². The van der Waals surface area contributed by atoms with Crippen LogP contribution in [0.25, 0.3) is 11.0 Å². The smallest absolute Gasteiger partial charge is 0.337 e. The summed E-state index contributed by atoms with van der Waals surface area (Å²) in [5, 5.41) is 1.02. The van der Waals surface area contributed by atoms with Crippen molar-refractivity contribution < 1.29 is 9.53 Å². The van der Waals surface area contributed by atoms with Gasteiger partial charge in [-0.05, 0) is 36.8 Å². The minimum atomic E-state index is -0.308. The van der Waals surface area contributed by atoms with E-state index in [4.69, 9.17) is 9.72 Å². The van der Waals surface area contributed by atoms with Crippen molar-refractivity contribution in [3.05, 3.63) is 59.7 Å². The van der Waals surface area contributed by atoms with Crippen LogP contribution in [-0.2, 0) is 17.0 Å². The highest BCUT2D eigenvalue weighted by molar-refractivity contribution is 7.98. The third kappa shape index (κ3) is 3.24. The first-order chi connectivity index (χ1) is 11.2. The van der Waals surface area contributed by atoms with Gasteiger partial charge in [0, 0.05) is 12.3 Å². The number of carbonyl (C=O) groups is 1. The molecule has 0 amide bonds. The minimum Gasteiger partial charge on any atom is -0.465 e. The fraction of sp³-hybridized carbons (Fsp3) is 0.222. The highest BCUT2D eigenvalue weighted by atomic mass is 32.2. The van der Waals surface area contributed by atoms with Gasteiger partial charge in [0.1, 0.15) is 0 Å². The Morgan fingerprint density at radius 3 is 2.61 bits per heavy atom. The summed E-state index contributed by atoms with van der Waals surface area (Å²) in [7, 11) is 1.39. The van der Waals surface area contributed by atoms with Gasteiger partial charge in [0.15, 0.2) is 5.16 Å². The second-order valence-corrected chi connectivity index (χ2v) is 6.05. The molecular formula is C18H18N2O2S. The number of aryl methyl sites for hydroxylation is 1. The third-order valence-corrected chi connectivity index (χ3v) is 4.73. The Bertz CT molecular complexity index is 825. The average molecular weight is 326 g/mol. The number of nitrogens with zero attached hydrogens (tertiary/aromatic N) is 2. The number of thioether (sulfide) groups is 1. The van der Waals surface area contributed by atoms with Crippen molar-refractivity contribution in [1.29, 1.82) is 0 Å². The monoisotopic (exact) mass is 326 g/mol. The van der Waals surface area contributed by atoms with Gasteiger partial charge in [-0.3, -0.25) is 0 Å². The number of imidazole rings is 1. The van der Waals surface area contributed by atoms with Crippen LogP contribution >= 0.6 is 11.8 Å². The van der Waals surface area contributed by atoms with E-state index in [-0.39, 0.29) is 5.97 Å². The molecule has 0 saturated heterocycles. The predicted molar refractivity (Wildman–Crippen MR) is 92.7 cm³/mol. The van der Waals surface area contributed by atoms with Crippen molar-refractivity contribution in [2.24, 2.45) is 0 Å². The van der Waals surface area contributed by atoms with Gasteiger partial charge in [-0.15, -0.1) is 0 Å².